The lowest BCUT2D eigenvalue weighted by Gasteiger charge is -2.22. The van der Waals surface area contributed by atoms with E-state index in [4.69, 9.17) is 0 Å². The zero-order valence-corrected chi connectivity index (χ0v) is 10.9. The van der Waals surface area contributed by atoms with Gasteiger partial charge in [0.15, 0.2) is 5.82 Å². The smallest absolute Gasteiger partial charge is 0.224 e. The molecule has 1 amide bonds. The van der Waals surface area contributed by atoms with Crippen LogP contribution >= 0.6 is 0 Å². The molecular weight excluding hydrogens is 250 g/mol. The molecule has 5 heteroatoms. The number of aryl methyl sites for hydroxylation is 1. The van der Waals surface area contributed by atoms with Gasteiger partial charge in [0.05, 0.1) is 0 Å². The Morgan fingerprint density at radius 1 is 1.37 bits per heavy atom. The summed E-state index contributed by atoms with van der Waals surface area (Å²) in [5, 5.41) is 5.57. The Morgan fingerprint density at radius 3 is 2.74 bits per heavy atom. The van der Waals surface area contributed by atoms with Crippen LogP contribution in [0.25, 0.3) is 0 Å². The molecule has 0 unspecified atom stereocenters. The number of halogens is 2. The summed E-state index contributed by atoms with van der Waals surface area (Å²) >= 11 is 0. The van der Waals surface area contributed by atoms with Gasteiger partial charge < -0.3 is 10.6 Å². The summed E-state index contributed by atoms with van der Waals surface area (Å²) in [5.74, 6) is -1.46. The van der Waals surface area contributed by atoms with E-state index in [1.165, 1.54) is 19.1 Å². The second-order valence-corrected chi connectivity index (χ2v) is 5.00. The van der Waals surface area contributed by atoms with Gasteiger partial charge in [0, 0.05) is 6.42 Å². The lowest BCUT2D eigenvalue weighted by molar-refractivity contribution is -0.117. The minimum Gasteiger partial charge on any atom is -0.321 e. The topological polar surface area (TPSA) is 41.1 Å². The van der Waals surface area contributed by atoms with Crippen molar-refractivity contribution in [2.75, 3.05) is 18.4 Å². The van der Waals surface area contributed by atoms with E-state index in [1.54, 1.807) is 0 Å². The molecule has 0 bridgehead atoms. The molecular formula is C14H18F2N2O. The second-order valence-electron chi connectivity index (χ2n) is 5.00. The molecule has 0 spiro atoms. The molecule has 0 atom stereocenters. The third-order valence-electron chi connectivity index (χ3n) is 3.48. The van der Waals surface area contributed by atoms with Gasteiger partial charge in [-0.3, -0.25) is 4.79 Å². The largest absolute Gasteiger partial charge is 0.321 e. The van der Waals surface area contributed by atoms with Crippen molar-refractivity contribution in [2.45, 2.75) is 26.2 Å². The Kier molecular flexibility index (Phi) is 4.47. The van der Waals surface area contributed by atoms with E-state index >= 15 is 0 Å². The van der Waals surface area contributed by atoms with Crippen molar-refractivity contribution in [1.82, 2.24) is 5.32 Å². The first kappa shape index (κ1) is 13.9. The summed E-state index contributed by atoms with van der Waals surface area (Å²) in [7, 11) is 0. The average Bonchev–Trinajstić information content (AvgIpc) is 2.40. The molecule has 0 aliphatic carbocycles. The van der Waals surface area contributed by atoms with Gasteiger partial charge in [0.2, 0.25) is 5.91 Å². The van der Waals surface area contributed by atoms with Crippen molar-refractivity contribution < 1.29 is 13.6 Å². The molecule has 1 aromatic rings. The fraction of sp³-hybridized carbons (Fsp3) is 0.500. The third-order valence-corrected chi connectivity index (χ3v) is 3.48. The lowest BCUT2D eigenvalue weighted by Crippen LogP contribution is -2.30. The van der Waals surface area contributed by atoms with Crippen molar-refractivity contribution in [2.24, 2.45) is 5.92 Å². The van der Waals surface area contributed by atoms with E-state index in [0.29, 0.717) is 12.0 Å². The van der Waals surface area contributed by atoms with Gasteiger partial charge in [-0.05, 0) is 50.4 Å². The van der Waals surface area contributed by atoms with Crippen LogP contribution in [0.3, 0.4) is 0 Å². The van der Waals surface area contributed by atoms with Crippen LogP contribution in [0.1, 0.15) is 24.8 Å². The molecule has 1 fully saturated rings. The van der Waals surface area contributed by atoms with Crippen LogP contribution < -0.4 is 10.6 Å². The summed E-state index contributed by atoms with van der Waals surface area (Å²) in [4.78, 5) is 11.8. The highest BCUT2D eigenvalue weighted by atomic mass is 19.1. The summed E-state index contributed by atoms with van der Waals surface area (Å²) in [6, 6.07) is 2.52. The predicted molar refractivity (Wildman–Crippen MR) is 69.9 cm³/mol. The van der Waals surface area contributed by atoms with E-state index in [-0.39, 0.29) is 17.5 Å². The van der Waals surface area contributed by atoms with Crippen LogP contribution in [0.2, 0.25) is 0 Å². The number of carbonyl (C=O) groups is 1. The van der Waals surface area contributed by atoms with Gasteiger partial charge in [0.25, 0.3) is 0 Å². The summed E-state index contributed by atoms with van der Waals surface area (Å²) < 4.78 is 27.2. The number of benzene rings is 1. The molecule has 0 saturated carbocycles. The molecule has 2 N–H and O–H groups in total. The highest BCUT2D eigenvalue weighted by Crippen LogP contribution is 2.23. The molecule has 104 valence electrons. The third kappa shape index (κ3) is 3.50. The number of amides is 1. The second kappa shape index (κ2) is 6.10. The number of carbonyl (C=O) groups excluding carboxylic acids is 1. The molecule has 19 heavy (non-hydrogen) atoms. The molecule has 0 aromatic heterocycles. The van der Waals surface area contributed by atoms with E-state index in [2.05, 4.69) is 10.6 Å². The number of hydrogen-bond acceptors (Lipinski definition) is 2. The molecule has 1 aliphatic rings. The van der Waals surface area contributed by atoms with Gasteiger partial charge >= 0.3 is 0 Å². The molecule has 3 nitrogen and oxygen atoms in total. The SMILES string of the molecule is Cc1ccc(F)c(NC(=O)CC2CCNCC2)c1F. The van der Waals surface area contributed by atoms with E-state index in [9.17, 15) is 13.6 Å². The van der Waals surface area contributed by atoms with Crippen molar-refractivity contribution in [3.8, 4) is 0 Å². The van der Waals surface area contributed by atoms with Gasteiger partial charge in [-0.25, -0.2) is 8.78 Å². The summed E-state index contributed by atoms with van der Waals surface area (Å²) in [5.41, 5.74) is -0.0162. The van der Waals surface area contributed by atoms with Gasteiger partial charge in [-0.15, -0.1) is 0 Å². The first-order valence-corrected chi connectivity index (χ1v) is 6.53. The minimum atomic E-state index is -0.734. The minimum absolute atomic E-state index is 0.289. The summed E-state index contributed by atoms with van der Waals surface area (Å²) in [6.45, 7) is 3.33. The number of nitrogens with one attached hydrogen (secondary N) is 2. The van der Waals surface area contributed by atoms with Crippen molar-refractivity contribution in [1.29, 1.82) is 0 Å². The van der Waals surface area contributed by atoms with Gasteiger partial charge in [-0.1, -0.05) is 6.07 Å². The molecule has 1 heterocycles. The number of hydrogen-bond donors (Lipinski definition) is 2. The first-order valence-electron chi connectivity index (χ1n) is 6.53. The van der Waals surface area contributed by atoms with Gasteiger partial charge in [0.1, 0.15) is 11.5 Å². The van der Waals surface area contributed by atoms with Crippen LogP contribution in [0.15, 0.2) is 12.1 Å². The Labute approximate surface area is 111 Å². The molecule has 1 aliphatic heterocycles. The molecule has 2 rings (SSSR count). The Hall–Kier alpha value is -1.49. The zero-order valence-electron chi connectivity index (χ0n) is 10.9. The van der Waals surface area contributed by atoms with E-state index in [1.807, 2.05) is 0 Å². The highest BCUT2D eigenvalue weighted by molar-refractivity contribution is 5.91. The van der Waals surface area contributed by atoms with Crippen LogP contribution in [0.5, 0.6) is 0 Å². The van der Waals surface area contributed by atoms with E-state index < -0.39 is 11.6 Å². The quantitative estimate of drug-likeness (QED) is 0.884. The van der Waals surface area contributed by atoms with Crippen molar-refractivity contribution in [3.05, 3.63) is 29.3 Å². The molecule has 1 aromatic carbocycles. The Bertz CT molecular complexity index is 471. The van der Waals surface area contributed by atoms with Gasteiger partial charge in [-0.2, -0.15) is 0 Å². The Morgan fingerprint density at radius 2 is 2.05 bits per heavy atom. The zero-order chi connectivity index (χ0) is 13.8. The lowest BCUT2D eigenvalue weighted by atomic mass is 9.94. The van der Waals surface area contributed by atoms with Crippen LogP contribution in [0, 0.1) is 24.5 Å². The number of piperidine rings is 1. The Balaban J connectivity index is 2.00. The number of anilines is 1. The molecule has 0 radical (unpaired) electrons. The maximum absolute atomic E-state index is 13.7. The molecule has 1 saturated heterocycles. The average molecular weight is 268 g/mol. The van der Waals surface area contributed by atoms with Crippen LogP contribution in [-0.2, 0) is 4.79 Å². The number of rotatable bonds is 3. The standard InChI is InChI=1S/C14H18F2N2O/c1-9-2-3-11(15)14(13(9)16)18-12(19)8-10-4-6-17-7-5-10/h2-3,10,17H,4-8H2,1H3,(H,18,19). The first-order chi connectivity index (χ1) is 9.08. The normalized spacial score (nSPS) is 16.4. The maximum atomic E-state index is 13.7. The van der Waals surface area contributed by atoms with Crippen LogP contribution in [0.4, 0.5) is 14.5 Å². The fourth-order valence-corrected chi connectivity index (χ4v) is 2.31. The van der Waals surface area contributed by atoms with Crippen molar-refractivity contribution >= 4 is 11.6 Å². The summed E-state index contributed by atoms with van der Waals surface area (Å²) in [6.07, 6.45) is 2.16. The van der Waals surface area contributed by atoms with Crippen molar-refractivity contribution in [3.63, 3.8) is 0 Å². The van der Waals surface area contributed by atoms with E-state index in [0.717, 1.165) is 25.9 Å². The van der Waals surface area contributed by atoms with Crippen LogP contribution in [-0.4, -0.2) is 19.0 Å². The maximum Gasteiger partial charge on any atom is 0.224 e. The predicted octanol–water partition coefficient (Wildman–Crippen LogP) is 2.60. The fourth-order valence-electron chi connectivity index (χ4n) is 2.31. The highest BCUT2D eigenvalue weighted by Gasteiger charge is 2.19. The monoisotopic (exact) mass is 268 g/mol.